The van der Waals surface area contributed by atoms with E-state index in [-0.39, 0.29) is 22.3 Å². The third kappa shape index (κ3) is 4.13. The van der Waals surface area contributed by atoms with Crippen LogP contribution in [0.25, 0.3) is 0 Å². The van der Waals surface area contributed by atoms with Crippen molar-refractivity contribution in [2.45, 2.75) is 44.0 Å². The molecule has 3 N–H and O–H groups in total. The van der Waals surface area contributed by atoms with E-state index in [9.17, 15) is 18.3 Å². The average Bonchev–Trinajstić information content (AvgIpc) is 3.11. The molecule has 1 unspecified atom stereocenters. The van der Waals surface area contributed by atoms with Crippen molar-refractivity contribution >= 4 is 21.7 Å². The molecule has 1 atom stereocenters. The summed E-state index contributed by atoms with van der Waals surface area (Å²) < 4.78 is 30.5. The molecule has 2 aromatic carbocycles. The van der Waals surface area contributed by atoms with Gasteiger partial charge in [0, 0.05) is 12.6 Å². The van der Waals surface area contributed by atoms with Crippen molar-refractivity contribution in [3.8, 4) is 11.5 Å². The zero-order chi connectivity index (χ0) is 20.5. The molecule has 1 fully saturated rings. The summed E-state index contributed by atoms with van der Waals surface area (Å²) in [5, 5.41) is 14.9. The van der Waals surface area contributed by atoms with Crippen molar-refractivity contribution in [1.29, 1.82) is 0 Å². The maximum Gasteiger partial charge on any atom is 0.335 e. The number of benzene rings is 2. The number of anilines is 1. The highest BCUT2D eigenvalue weighted by Crippen LogP contribution is 2.42. The number of nitrogens with zero attached hydrogens (tertiary/aromatic N) is 1. The number of aromatic carboxylic acids is 1. The first-order valence-electron chi connectivity index (χ1n) is 9.16. The van der Waals surface area contributed by atoms with E-state index in [1.165, 1.54) is 6.07 Å². The number of hydrogen-bond donors (Lipinski definition) is 2. The lowest BCUT2D eigenvalue weighted by Gasteiger charge is -2.29. The van der Waals surface area contributed by atoms with Crippen LogP contribution in [0.1, 0.15) is 42.1 Å². The Labute approximate surface area is 164 Å². The van der Waals surface area contributed by atoms with Crippen LogP contribution in [0.15, 0.2) is 41.3 Å². The van der Waals surface area contributed by atoms with Gasteiger partial charge in [-0.25, -0.2) is 18.4 Å². The van der Waals surface area contributed by atoms with Gasteiger partial charge in [-0.15, -0.1) is 0 Å². The van der Waals surface area contributed by atoms with Crippen LogP contribution in [0.3, 0.4) is 0 Å². The molecule has 1 aliphatic rings. The Morgan fingerprint density at radius 1 is 1.29 bits per heavy atom. The lowest BCUT2D eigenvalue weighted by atomic mass is 10.1. The van der Waals surface area contributed by atoms with Crippen LogP contribution in [0.5, 0.6) is 11.5 Å². The molecular formula is C20H24N2O5S. The number of carboxylic acid groups (broad SMARTS) is 1. The number of hydrogen-bond acceptors (Lipinski definition) is 5. The van der Waals surface area contributed by atoms with Crippen molar-refractivity contribution in [1.82, 2.24) is 0 Å². The third-order valence-corrected chi connectivity index (χ3v) is 5.90. The van der Waals surface area contributed by atoms with E-state index in [1.807, 2.05) is 30.9 Å². The van der Waals surface area contributed by atoms with Crippen LogP contribution in [-0.4, -0.2) is 32.1 Å². The molecule has 0 spiro atoms. The number of nitrogens with two attached hydrogens (primary N) is 1. The van der Waals surface area contributed by atoms with Gasteiger partial charge in [0.25, 0.3) is 0 Å². The number of aryl methyl sites for hydroxylation is 1. The predicted octanol–water partition coefficient (Wildman–Crippen LogP) is 3.51. The molecule has 0 bridgehead atoms. The lowest BCUT2D eigenvalue weighted by Crippen LogP contribution is -2.29. The summed E-state index contributed by atoms with van der Waals surface area (Å²) in [6.45, 7) is 4.67. The molecule has 0 amide bonds. The normalized spacial score (nSPS) is 17.0. The van der Waals surface area contributed by atoms with Gasteiger partial charge in [-0.3, -0.25) is 0 Å². The van der Waals surface area contributed by atoms with Crippen LogP contribution in [0, 0.1) is 6.92 Å². The summed E-state index contributed by atoms with van der Waals surface area (Å²) in [6, 6.07) is 9.87. The number of ether oxygens (including phenoxy) is 1. The minimum Gasteiger partial charge on any atom is -0.478 e. The fourth-order valence-electron chi connectivity index (χ4n) is 3.54. The van der Waals surface area contributed by atoms with Gasteiger partial charge >= 0.3 is 5.97 Å². The summed E-state index contributed by atoms with van der Waals surface area (Å²) in [5.41, 5.74) is 1.33. The Balaban J connectivity index is 2.23. The highest BCUT2D eigenvalue weighted by Gasteiger charge is 2.31. The molecule has 1 heterocycles. The quantitative estimate of drug-likeness (QED) is 0.762. The first kappa shape index (κ1) is 20.2. The molecule has 0 saturated carbocycles. The summed E-state index contributed by atoms with van der Waals surface area (Å²) in [5.74, 6) is -0.705. The molecule has 8 heteroatoms. The second kappa shape index (κ2) is 7.81. The first-order valence-corrected chi connectivity index (χ1v) is 10.7. The fraction of sp³-hybridized carbons (Fsp3) is 0.350. The van der Waals surface area contributed by atoms with E-state index in [4.69, 9.17) is 9.88 Å². The van der Waals surface area contributed by atoms with E-state index in [0.717, 1.165) is 30.9 Å². The van der Waals surface area contributed by atoms with Gasteiger partial charge in [-0.05, 0) is 50.5 Å². The molecule has 0 aromatic heterocycles. The maximum absolute atomic E-state index is 12.3. The summed E-state index contributed by atoms with van der Waals surface area (Å²) in [4.78, 5) is 13.3. The molecule has 1 saturated heterocycles. The third-order valence-electron chi connectivity index (χ3n) is 4.99. The number of carboxylic acids is 1. The van der Waals surface area contributed by atoms with E-state index in [0.29, 0.717) is 18.0 Å². The molecule has 28 heavy (non-hydrogen) atoms. The maximum atomic E-state index is 12.3. The minimum absolute atomic E-state index is 0.0664. The zero-order valence-corrected chi connectivity index (χ0v) is 16.7. The van der Waals surface area contributed by atoms with Crippen molar-refractivity contribution in [3.63, 3.8) is 0 Å². The van der Waals surface area contributed by atoms with Gasteiger partial charge in [0.15, 0.2) is 5.75 Å². The number of carbonyl (C=O) groups is 1. The standard InChI is InChI=1S/C20H24N2O5S/c1-3-15-5-4-10-22(15)17-11-14(20(23)24)12-18(28(21,25)26)19(17)27-16-8-6-13(2)7-9-16/h6-9,11-12,15H,3-5,10H2,1-2H3,(H,23,24)(H2,21,25,26). The Bertz CT molecular complexity index is 986. The minimum atomic E-state index is -4.21. The molecule has 1 aliphatic heterocycles. The van der Waals surface area contributed by atoms with Crippen molar-refractivity contribution < 1.29 is 23.1 Å². The topological polar surface area (TPSA) is 110 Å². The Morgan fingerprint density at radius 2 is 1.96 bits per heavy atom. The zero-order valence-electron chi connectivity index (χ0n) is 15.9. The van der Waals surface area contributed by atoms with Crippen molar-refractivity contribution in [3.05, 3.63) is 47.5 Å². The van der Waals surface area contributed by atoms with Gasteiger partial charge in [0.2, 0.25) is 10.0 Å². The van der Waals surface area contributed by atoms with Crippen LogP contribution in [0.4, 0.5) is 5.69 Å². The summed E-state index contributed by atoms with van der Waals surface area (Å²) >= 11 is 0. The largest absolute Gasteiger partial charge is 0.478 e. The van der Waals surface area contributed by atoms with Gasteiger partial charge in [0.1, 0.15) is 10.6 Å². The van der Waals surface area contributed by atoms with E-state index in [2.05, 4.69) is 0 Å². The molecule has 3 rings (SSSR count). The van der Waals surface area contributed by atoms with E-state index < -0.39 is 16.0 Å². The van der Waals surface area contributed by atoms with Crippen LogP contribution in [0.2, 0.25) is 0 Å². The number of rotatable bonds is 6. The fourth-order valence-corrected chi connectivity index (χ4v) is 4.24. The summed E-state index contributed by atoms with van der Waals surface area (Å²) in [7, 11) is -4.21. The SMILES string of the molecule is CCC1CCCN1c1cc(C(=O)O)cc(S(N)(=O)=O)c1Oc1ccc(C)cc1. The van der Waals surface area contributed by atoms with Crippen LogP contribution < -0.4 is 14.8 Å². The van der Waals surface area contributed by atoms with Gasteiger partial charge in [0.05, 0.1) is 11.3 Å². The van der Waals surface area contributed by atoms with Crippen LogP contribution >= 0.6 is 0 Å². The van der Waals surface area contributed by atoms with E-state index in [1.54, 1.807) is 12.1 Å². The molecule has 7 nitrogen and oxygen atoms in total. The second-order valence-electron chi connectivity index (χ2n) is 6.99. The first-order chi connectivity index (χ1) is 13.2. The molecule has 2 aromatic rings. The van der Waals surface area contributed by atoms with Gasteiger partial charge in [-0.1, -0.05) is 24.6 Å². The van der Waals surface area contributed by atoms with E-state index >= 15 is 0 Å². The molecule has 0 aliphatic carbocycles. The molecule has 150 valence electrons. The Hall–Kier alpha value is -2.58. The predicted molar refractivity (Wildman–Crippen MR) is 107 cm³/mol. The smallest absolute Gasteiger partial charge is 0.335 e. The molecular weight excluding hydrogens is 380 g/mol. The second-order valence-corrected chi connectivity index (χ2v) is 8.52. The number of sulfonamides is 1. The Morgan fingerprint density at radius 3 is 2.54 bits per heavy atom. The average molecular weight is 404 g/mol. The number of primary sulfonamides is 1. The van der Waals surface area contributed by atoms with Crippen LogP contribution in [-0.2, 0) is 10.0 Å². The van der Waals surface area contributed by atoms with Gasteiger partial charge in [-0.2, -0.15) is 0 Å². The van der Waals surface area contributed by atoms with Gasteiger partial charge < -0.3 is 14.7 Å². The lowest BCUT2D eigenvalue weighted by molar-refractivity contribution is 0.0696. The molecule has 0 radical (unpaired) electrons. The highest BCUT2D eigenvalue weighted by molar-refractivity contribution is 7.89. The highest BCUT2D eigenvalue weighted by atomic mass is 32.2. The Kier molecular flexibility index (Phi) is 5.62. The van der Waals surface area contributed by atoms with Crippen molar-refractivity contribution in [2.24, 2.45) is 5.14 Å². The monoisotopic (exact) mass is 404 g/mol. The van der Waals surface area contributed by atoms with Crippen molar-refractivity contribution in [2.75, 3.05) is 11.4 Å². The summed E-state index contributed by atoms with van der Waals surface area (Å²) in [6.07, 6.45) is 2.74.